The fraction of sp³-hybridized carbons (Fsp3) is 0.379. The van der Waals surface area contributed by atoms with Gasteiger partial charge < -0.3 is 0 Å². The molecule has 2 saturated heterocycles. The van der Waals surface area contributed by atoms with E-state index in [1.807, 2.05) is 0 Å². The zero-order valence-electron chi connectivity index (χ0n) is 18.6. The molecule has 0 radical (unpaired) electrons. The average molecular weight is 445 g/mol. The Morgan fingerprint density at radius 1 is 0.516 bits per heavy atom. The molecule has 1 unspecified atom stereocenters. The van der Waals surface area contributed by atoms with E-state index in [1.54, 1.807) is 16.7 Å². The van der Waals surface area contributed by atoms with E-state index in [9.17, 15) is 0 Å². The van der Waals surface area contributed by atoms with Crippen molar-refractivity contribution in [2.45, 2.75) is 55.2 Å². The van der Waals surface area contributed by atoms with Crippen molar-refractivity contribution in [2.75, 3.05) is 12.3 Å². The first-order valence-corrected chi connectivity index (χ1v) is 15.3. The first-order valence-electron chi connectivity index (χ1n) is 12.0. The molecule has 2 heterocycles. The lowest BCUT2D eigenvalue weighted by atomic mass is 10.0. The van der Waals surface area contributed by atoms with Gasteiger partial charge in [0.15, 0.2) is 0 Å². The Morgan fingerprint density at radius 3 is 1.32 bits per heavy atom. The van der Waals surface area contributed by atoms with Crippen molar-refractivity contribution in [3.63, 3.8) is 0 Å². The van der Waals surface area contributed by atoms with Crippen LogP contribution in [0.4, 0.5) is 0 Å². The molecule has 160 valence electrons. The fourth-order valence-electron chi connectivity index (χ4n) is 5.92. The summed E-state index contributed by atoms with van der Waals surface area (Å²) in [5, 5.41) is 0. The van der Waals surface area contributed by atoms with E-state index in [0.717, 1.165) is 22.6 Å². The van der Waals surface area contributed by atoms with Crippen LogP contribution in [0.2, 0.25) is 0 Å². The maximum Gasteiger partial charge on any atom is 0.00477 e. The molecule has 0 N–H and O–H groups in total. The van der Waals surface area contributed by atoms with Crippen LogP contribution in [-0.2, 0) is 0 Å². The number of hydrogen-bond donors (Lipinski definition) is 0. The molecule has 5 rings (SSSR count). The van der Waals surface area contributed by atoms with Crippen molar-refractivity contribution in [3.05, 3.63) is 108 Å². The largest absolute Gasteiger partial charge is 0.0958 e. The monoisotopic (exact) mass is 444 g/mol. The van der Waals surface area contributed by atoms with E-state index >= 15 is 0 Å². The Balaban J connectivity index is 1.38. The third kappa shape index (κ3) is 4.67. The predicted octanol–water partition coefficient (Wildman–Crippen LogP) is 9.15. The molecule has 0 aliphatic carbocycles. The molecule has 2 heteroatoms. The van der Waals surface area contributed by atoms with E-state index in [1.165, 1.54) is 38.0 Å². The topological polar surface area (TPSA) is 0 Å². The van der Waals surface area contributed by atoms with Crippen molar-refractivity contribution in [1.82, 2.24) is 0 Å². The van der Waals surface area contributed by atoms with Gasteiger partial charge in [0.2, 0.25) is 0 Å². The summed E-state index contributed by atoms with van der Waals surface area (Å²) in [6.07, 6.45) is 8.48. The van der Waals surface area contributed by atoms with Gasteiger partial charge in [0.05, 0.1) is 0 Å². The second-order valence-electron chi connectivity index (χ2n) is 9.26. The third-order valence-electron chi connectivity index (χ3n) is 7.51. The number of benzene rings is 3. The molecule has 31 heavy (non-hydrogen) atoms. The van der Waals surface area contributed by atoms with Crippen LogP contribution >= 0.6 is 15.8 Å². The van der Waals surface area contributed by atoms with Crippen LogP contribution in [0.15, 0.2) is 91.0 Å². The maximum atomic E-state index is 2.54. The van der Waals surface area contributed by atoms with Crippen molar-refractivity contribution in [3.8, 4) is 0 Å². The molecule has 0 spiro atoms. The van der Waals surface area contributed by atoms with E-state index in [0.29, 0.717) is 0 Å². The van der Waals surface area contributed by atoms with Gasteiger partial charge in [0.1, 0.15) is 0 Å². The highest BCUT2D eigenvalue weighted by atomic mass is 31.1. The smallest absolute Gasteiger partial charge is 0.00477 e. The first kappa shape index (κ1) is 21.4. The molecule has 2 fully saturated rings. The second kappa shape index (κ2) is 9.98. The molecule has 2 aliphatic heterocycles. The molecule has 0 aromatic heterocycles. The van der Waals surface area contributed by atoms with Crippen molar-refractivity contribution < 1.29 is 0 Å². The van der Waals surface area contributed by atoms with Crippen LogP contribution in [0.5, 0.6) is 0 Å². The van der Waals surface area contributed by atoms with Gasteiger partial charge in [-0.15, -0.1) is 0 Å². The van der Waals surface area contributed by atoms with Crippen LogP contribution in [0.1, 0.15) is 66.3 Å². The summed E-state index contributed by atoms with van der Waals surface area (Å²) in [5.41, 5.74) is 8.11. The summed E-state index contributed by atoms with van der Waals surface area (Å²) >= 11 is 0. The minimum atomic E-state index is -0.0315. The van der Waals surface area contributed by atoms with Crippen LogP contribution in [0.3, 0.4) is 0 Å². The number of hydrogen-bond acceptors (Lipinski definition) is 0. The highest BCUT2D eigenvalue weighted by molar-refractivity contribution is 7.63. The summed E-state index contributed by atoms with van der Waals surface area (Å²) in [6.45, 7) is 2.54. The molecule has 3 aromatic carbocycles. The lowest BCUT2D eigenvalue weighted by molar-refractivity contribution is 0.765. The van der Waals surface area contributed by atoms with Crippen LogP contribution < -0.4 is 0 Å². The molecule has 0 nitrogen and oxygen atoms in total. The summed E-state index contributed by atoms with van der Waals surface area (Å²) in [4.78, 5) is 0. The number of rotatable bonds is 6. The average Bonchev–Trinajstić information content (AvgIpc) is 3.42. The van der Waals surface area contributed by atoms with Gasteiger partial charge in [-0.25, -0.2) is 0 Å². The van der Waals surface area contributed by atoms with Crippen LogP contribution in [0, 0.1) is 0 Å². The second-order valence-corrected chi connectivity index (χ2v) is 15.0. The molecular weight excluding hydrogens is 410 g/mol. The van der Waals surface area contributed by atoms with E-state index in [2.05, 4.69) is 97.9 Å². The van der Waals surface area contributed by atoms with E-state index in [4.69, 9.17) is 0 Å². The normalized spacial score (nSPS) is 28.7. The minimum Gasteiger partial charge on any atom is -0.0958 e. The van der Waals surface area contributed by atoms with Gasteiger partial charge in [-0.1, -0.05) is 114 Å². The molecule has 0 amide bonds. The Kier molecular flexibility index (Phi) is 6.88. The summed E-state index contributed by atoms with van der Waals surface area (Å²) in [5.74, 6) is 0. The van der Waals surface area contributed by atoms with Gasteiger partial charge in [-0.2, -0.15) is 0 Å². The standard InChI is InChI=1S/C29H34P2/c1-23-17-18-27(24-11-5-2-6-12-24)30(23)21-22-31-28(25-13-7-3-8-14-25)19-20-29(31)26-15-9-4-10-16-26/h2-16,23,27-29H,17-22H2,1H3/t23-,27+,28+,29+,30?/m0/s1. The lowest BCUT2D eigenvalue weighted by Gasteiger charge is -2.31. The Morgan fingerprint density at radius 2 is 0.871 bits per heavy atom. The molecule has 2 aliphatic rings. The van der Waals surface area contributed by atoms with Gasteiger partial charge in [0, 0.05) is 17.0 Å². The summed E-state index contributed by atoms with van der Waals surface area (Å²) < 4.78 is 0. The molecular formula is C29H34P2. The summed E-state index contributed by atoms with van der Waals surface area (Å²) in [6, 6.07) is 34.3. The third-order valence-corrected chi connectivity index (χ3v) is 14.8. The Hall–Kier alpha value is -1.48. The quantitative estimate of drug-likeness (QED) is 0.333. The SMILES string of the molecule is C[C@H]1CC[C@H](c2ccccc2)P1CCP1[C@@H](c2ccccc2)CC[C@@H]1c1ccccc1. The molecule has 0 bridgehead atoms. The zero-order chi connectivity index (χ0) is 21.0. The van der Waals surface area contributed by atoms with Gasteiger partial charge >= 0.3 is 0 Å². The van der Waals surface area contributed by atoms with Crippen LogP contribution in [0.25, 0.3) is 0 Å². The molecule has 0 saturated carbocycles. The predicted molar refractivity (Wildman–Crippen MR) is 139 cm³/mol. The molecule has 3 aromatic rings. The van der Waals surface area contributed by atoms with Crippen molar-refractivity contribution in [1.29, 1.82) is 0 Å². The van der Waals surface area contributed by atoms with Gasteiger partial charge in [-0.3, -0.25) is 0 Å². The Labute approximate surface area is 191 Å². The lowest BCUT2D eigenvalue weighted by Crippen LogP contribution is -2.05. The first-order chi connectivity index (χ1) is 15.3. The van der Waals surface area contributed by atoms with Crippen LogP contribution in [-0.4, -0.2) is 18.0 Å². The van der Waals surface area contributed by atoms with Gasteiger partial charge in [0.25, 0.3) is 0 Å². The van der Waals surface area contributed by atoms with Crippen molar-refractivity contribution in [2.24, 2.45) is 0 Å². The Bertz CT molecular complexity index is 893. The van der Waals surface area contributed by atoms with Crippen molar-refractivity contribution >= 4 is 15.8 Å². The fourth-order valence-corrected chi connectivity index (χ4v) is 13.8. The highest BCUT2D eigenvalue weighted by Gasteiger charge is 2.39. The summed E-state index contributed by atoms with van der Waals surface area (Å²) in [7, 11) is 0.0466. The highest BCUT2D eigenvalue weighted by Crippen LogP contribution is 2.72. The minimum absolute atomic E-state index is 0.0315. The molecule has 5 atom stereocenters. The maximum absolute atomic E-state index is 2.54. The van der Waals surface area contributed by atoms with E-state index < -0.39 is 0 Å². The van der Waals surface area contributed by atoms with E-state index in [-0.39, 0.29) is 15.8 Å². The zero-order valence-corrected chi connectivity index (χ0v) is 20.4. The van der Waals surface area contributed by atoms with Gasteiger partial charge in [-0.05, 0) is 60.4 Å².